The smallest absolute Gasteiger partial charge is 0.252 e. The van der Waals surface area contributed by atoms with Crippen LogP contribution in [0.3, 0.4) is 0 Å². The third kappa shape index (κ3) is 1.91. The summed E-state index contributed by atoms with van der Waals surface area (Å²) in [4.78, 5) is 4.80. The fourth-order valence-electron chi connectivity index (χ4n) is 2.23. The summed E-state index contributed by atoms with van der Waals surface area (Å²) in [5.41, 5.74) is 2.41. The van der Waals surface area contributed by atoms with Crippen molar-refractivity contribution in [3.05, 3.63) is 59.7 Å². The van der Waals surface area contributed by atoms with Gasteiger partial charge in [0.25, 0.3) is 10.0 Å². The highest BCUT2D eigenvalue weighted by molar-refractivity contribution is 7.90. The molecule has 0 atom stereocenters. The standard InChI is InChI=1S/C15H14N2O2S/c1-11-8-9-14-13(10-11)15(17(2)20(14,18)19)16-12-6-4-3-5-7-12/h3-10H,1-2H3. The van der Waals surface area contributed by atoms with Crippen molar-refractivity contribution >= 4 is 21.5 Å². The van der Waals surface area contributed by atoms with E-state index in [1.807, 2.05) is 43.3 Å². The Morgan fingerprint density at radius 1 is 1.05 bits per heavy atom. The second-order valence-corrected chi connectivity index (χ2v) is 6.68. The maximum absolute atomic E-state index is 12.3. The van der Waals surface area contributed by atoms with Crippen molar-refractivity contribution in [1.82, 2.24) is 4.31 Å². The summed E-state index contributed by atoms with van der Waals surface area (Å²) in [5.74, 6) is 0.468. The largest absolute Gasteiger partial charge is 0.265 e. The lowest BCUT2D eigenvalue weighted by Gasteiger charge is -2.10. The zero-order chi connectivity index (χ0) is 14.3. The number of aliphatic imine (C=N–C) groups is 1. The average Bonchev–Trinajstić information content (AvgIpc) is 2.61. The van der Waals surface area contributed by atoms with Crippen molar-refractivity contribution < 1.29 is 8.42 Å². The molecule has 0 aliphatic carbocycles. The molecule has 0 fully saturated rings. The number of hydrogen-bond acceptors (Lipinski definition) is 3. The summed E-state index contributed by atoms with van der Waals surface area (Å²) in [7, 11) is -1.93. The first-order valence-electron chi connectivity index (χ1n) is 6.24. The number of sulfonamides is 1. The Hall–Kier alpha value is -2.14. The topological polar surface area (TPSA) is 49.7 Å². The highest BCUT2D eigenvalue weighted by Crippen LogP contribution is 2.31. The van der Waals surface area contributed by atoms with Gasteiger partial charge in [-0.2, -0.15) is 0 Å². The zero-order valence-corrected chi connectivity index (χ0v) is 12.1. The lowest BCUT2D eigenvalue weighted by atomic mass is 10.1. The number of benzene rings is 2. The molecule has 0 saturated carbocycles. The van der Waals surface area contributed by atoms with E-state index in [-0.39, 0.29) is 0 Å². The molecule has 20 heavy (non-hydrogen) atoms. The van der Waals surface area contributed by atoms with Gasteiger partial charge in [0, 0.05) is 12.6 Å². The number of para-hydroxylation sites is 1. The molecule has 0 spiro atoms. The van der Waals surface area contributed by atoms with Crippen LogP contribution in [0.5, 0.6) is 0 Å². The van der Waals surface area contributed by atoms with Crippen LogP contribution < -0.4 is 0 Å². The van der Waals surface area contributed by atoms with Gasteiger partial charge in [0.15, 0.2) is 5.84 Å². The second-order valence-electron chi connectivity index (χ2n) is 4.74. The predicted octanol–water partition coefficient (Wildman–Crippen LogP) is 2.71. The van der Waals surface area contributed by atoms with Crippen molar-refractivity contribution in [3.63, 3.8) is 0 Å². The minimum absolute atomic E-state index is 0.320. The molecule has 0 saturated heterocycles. The number of amidine groups is 1. The molecule has 5 heteroatoms. The summed E-state index contributed by atoms with van der Waals surface area (Å²) in [6.07, 6.45) is 0. The van der Waals surface area contributed by atoms with Crippen molar-refractivity contribution in [2.24, 2.45) is 4.99 Å². The second kappa shape index (κ2) is 4.45. The Morgan fingerprint density at radius 2 is 1.75 bits per heavy atom. The van der Waals surface area contributed by atoms with E-state index in [2.05, 4.69) is 4.99 Å². The first-order valence-corrected chi connectivity index (χ1v) is 7.68. The van der Waals surface area contributed by atoms with Gasteiger partial charge in [-0.1, -0.05) is 29.8 Å². The summed E-state index contributed by atoms with van der Waals surface area (Å²) in [6, 6.07) is 14.7. The van der Waals surface area contributed by atoms with Crippen LogP contribution in [0.1, 0.15) is 11.1 Å². The van der Waals surface area contributed by atoms with Gasteiger partial charge in [-0.3, -0.25) is 4.31 Å². The van der Waals surface area contributed by atoms with Crippen molar-refractivity contribution in [2.45, 2.75) is 11.8 Å². The minimum atomic E-state index is -3.47. The van der Waals surface area contributed by atoms with Gasteiger partial charge in [0.05, 0.1) is 10.6 Å². The first kappa shape index (κ1) is 12.9. The van der Waals surface area contributed by atoms with E-state index >= 15 is 0 Å². The third-order valence-electron chi connectivity index (χ3n) is 3.30. The van der Waals surface area contributed by atoms with Crippen LogP contribution in [0.2, 0.25) is 0 Å². The summed E-state index contributed by atoms with van der Waals surface area (Å²) < 4.78 is 25.9. The van der Waals surface area contributed by atoms with E-state index in [1.54, 1.807) is 12.1 Å². The highest BCUT2D eigenvalue weighted by Gasteiger charge is 2.36. The van der Waals surface area contributed by atoms with E-state index in [0.29, 0.717) is 16.3 Å². The van der Waals surface area contributed by atoms with Gasteiger partial charge in [-0.15, -0.1) is 0 Å². The van der Waals surface area contributed by atoms with Crippen molar-refractivity contribution in [2.75, 3.05) is 7.05 Å². The summed E-state index contributed by atoms with van der Waals surface area (Å²) in [5, 5.41) is 0. The molecule has 4 nitrogen and oxygen atoms in total. The van der Waals surface area contributed by atoms with Crippen LogP contribution in [0.15, 0.2) is 58.4 Å². The molecule has 0 unspecified atom stereocenters. The van der Waals surface area contributed by atoms with Gasteiger partial charge in [0.1, 0.15) is 0 Å². The lowest BCUT2D eigenvalue weighted by molar-refractivity contribution is 0.559. The Kier molecular flexibility index (Phi) is 2.87. The molecule has 102 valence electrons. The average molecular weight is 286 g/mol. The molecular formula is C15H14N2O2S. The number of aryl methyl sites for hydroxylation is 1. The molecule has 2 aromatic carbocycles. The van der Waals surface area contributed by atoms with E-state index in [9.17, 15) is 8.42 Å². The summed E-state index contributed by atoms with van der Waals surface area (Å²) in [6.45, 7) is 1.94. The van der Waals surface area contributed by atoms with Gasteiger partial charge >= 0.3 is 0 Å². The zero-order valence-electron chi connectivity index (χ0n) is 11.2. The molecule has 0 N–H and O–H groups in total. The monoisotopic (exact) mass is 286 g/mol. The van der Waals surface area contributed by atoms with Crippen LogP contribution in [-0.2, 0) is 10.0 Å². The fourth-order valence-corrected chi connectivity index (χ4v) is 3.56. The lowest BCUT2D eigenvalue weighted by Crippen LogP contribution is -2.25. The van der Waals surface area contributed by atoms with Gasteiger partial charge in [0.2, 0.25) is 0 Å². The molecule has 2 aromatic rings. The third-order valence-corrected chi connectivity index (χ3v) is 5.11. The van der Waals surface area contributed by atoms with Crippen LogP contribution >= 0.6 is 0 Å². The Morgan fingerprint density at radius 3 is 2.45 bits per heavy atom. The Balaban J connectivity index is 2.24. The van der Waals surface area contributed by atoms with E-state index in [4.69, 9.17) is 0 Å². The molecule has 1 aliphatic heterocycles. The Labute approximate surface area is 118 Å². The van der Waals surface area contributed by atoms with Crippen LogP contribution in [0.4, 0.5) is 5.69 Å². The normalized spacial score (nSPS) is 18.3. The van der Waals surface area contributed by atoms with Crippen molar-refractivity contribution in [3.8, 4) is 0 Å². The first-order chi connectivity index (χ1) is 9.50. The molecule has 0 amide bonds. The maximum Gasteiger partial charge on any atom is 0.265 e. The fraction of sp³-hybridized carbons (Fsp3) is 0.133. The quantitative estimate of drug-likeness (QED) is 0.809. The SMILES string of the molecule is Cc1ccc2c(c1)C(=Nc1ccccc1)N(C)S2(=O)=O. The number of nitrogens with zero attached hydrogens (tertiary/aromatic N) is 2. The predicted molar refractivity (Wildman–Crippen MR) is 78.8 cm³/mol. The number of fused-ring (bicyclic) bond motifs is 1. The van der Waals surface area contributed by atoms with Crippen LogP contribution in [-0.4, -0.2) is 25.6 Å². The highest BCUT2D eigenvalue weighted by atomic mass is 32.2. The maximum atomic E-state index is 12.3. The minimum Gasteiger partial charge on any atom is -0.252 e. The molecule has 0 radical (unpaired) electrons. The molecular weight excluding hydrogens is 272 g/mol. The number of rotatable bonds is 1. The molecule has 0 aromatic heterocycles. The molecule has 1 heterocycles. The van der Waals surface area contributed by atoms with Gasteiger partial charge in [-0.05, 0) is 31.2 Å². The van der Waals surface area contributed by atoms with Crippen molar-refractivity contribution in [1.29, 1.82) is 0 Å². The summed E-state index contributed by atoms with van der Waals surface area (Å²) >= 11 is 0. The molecule has 1 aliphatic rings. The van der Waals surface area contributed by atoms with Crippen LogP contribution in [0.25, 0.3) is 0 Å². The molecule has 0 bridgehead atoms. The van der Waals surface area contributed by atoms with E-state index < -0.39 is 10.0 Å². The number of hydrogen-bond donors (Lipinski definition) is 0. The van der Waals surface area contributed by atoms with E-state index in [1.165, 1.54) is 11.4 Å². The van der Waals surface area contributed by atoms with E-state index in [0.717, 1.165) is 11.3 Å². The van der Waals surface area contributed by atoms with Gasteiger partial charge in [-0.25, -0.2) is 13.4 Å². The molecule has 3 rings (SSSR count). The van der Waals surface area contributed by atoms with Gasteiger partial charge < -0.3 is 0 Å². The van der Waals surface area contributed by atoms with Crippen LogP contribution in [0, 0.1) is 6.92 Å². The Bertz CT molecular complexity index is 796.